The van der Waals surface area contributed by atoms with Gasteiger partial charge in [-0.3, -0.25) is 0 Å². The molecule has 0 radical (unpaired) electrons. The number of hydrogen-bond acceptors (Lipinski definition) is 3. The topological polar surface area (TPSA) is 54.5 Å². The Morgan fingerprint density at radius 2 is 1.93 bits per heavy atom. The van der Waals surface area contributed by atoms with E-state index in [1.165, 1.54) is 0 Å². The van der Waals surface area contributed by atoms with Gasteiger partial charge in [0.15, 0.2) is 5.82 Å². The maximum absolute atomic E-state index is 4.42. The summed E-state index contributed by atoms with van der Waals surface area (Å²) >= 11 is 0. The van der Waals surface area contributed by atoms with E-state index < -0.39 is 0 Å². The monoisotopic (exact) mass is 196 g/mol. The minimum atomic E-state index is 0.754. The van der Waals surface area contributed by atoms with E-state index in [0.717, 1.165) is 22.6 Å². The lowest BCUT2D eigenvalue weighted by atomic mass is 10.3. The SMILES string of the molecule is c1cnnc(-c2nc3ccccc3[nH]2)c1. The standard InChI is InChI=1S/C11H8N4/c1-2-5-9-8(4-1)13-11(14-9)10-6-3-7-12-15-10/h1-7H,(H,13,14). The highest BCUT2D eigenvalue weighted by Gasteiger charge is 2.04. The molecular weight excluding hydrogens is 188 g/mol. The van der Waals surface area contributed by atoms with Crippen molar-refractivity contribution in [3.63, 3.8) is 0 Å². The molecule has 0 aliphatic rings. The summed E-state index contributed by atoms with van der Waals surface area (Å²) in [6.07, 6.45) is 1.64. The molecule has 1 N–H and O–H groups in total. The Kier molecular flexibility index (Phi) is 1.71. The van der Waals surface area contributed by atoms with Crippen LogP contribution in [0.2, 0.25) is 0 Å². The number of aromatic nitrogens is 4. The molecule has 15 heavy (non-hydrogen) atoms. The van der Waals surface area contributed by atoms with Crippen LogP contribution < -0.4 is 0 Å². The van der Waals surface area contributed by atoms with Crippen molar-refractivity contribution in [3.8, 4) is 11.5 Å². The summed E-state index contributed by atoms with van der Waals surface area (Å²) in [5, 5.41) is 7.82. The third-order valence-corrected chi connectivity index (χ3v) is 2.20. The summed E-state index contributed by atoms with van der Waals surface area (Å²) in [4.78, 5) is 7.62. The average molecular weight is 196 g/mol. The van der Waals surface area contributed by atoms with Gasteiger partial charge in [0.1, 0.15) is 5.69 Å². The van der Waals surface area contributed by atoms with Crippen molar-refractivity contribution >= 4 is 11.0 Å². The van der Waals surface area contributed by atoms with Gasteiger partial charge >= 0.3 is 0 Å². The van der Waals surface area contributed by atoms with Crippen LogP contribution in [-0.4, -0.2) is 20.2 Å². The predicted octanol–water partition coefficient (Wildman–Crippen LogP) is 2.02. The molecule has 4 nitrogen and oxygen atoms in total. The molecule has 0 unspecified atom stereocenters. The molecule has 0 amide bonds. The third kappa shape index (κ3) is 1.36. The second kappa shape index (κ2) is 3.16. The molecule has 3 aromatic rings. The number of rotatable bonds is 1. The lowest BCUT2D eigenvalue weighted by molar-refractivity contribution is 1.02. The van der Waals surface area contributed by atoms with Crippen LogP contribution in [0.1, 0.15) is 0 Å². The van der Waals surface area contributed by atoms with Crippen molar-refractivity contribution in [1.29, 1.82) is 0 Å². The number of nitrogens with one attached hydrogen (secondary N) is 1. The Bertz CT molecular complexity index is 553. The molecule has 0 saturated carbocycles. The Hall–Kier alpha value is -2.23. The first kappa shape index (κ1) is 8.11. The highest BCUT2D eigenvalue weighted by atomic mass is 15.1. The lowest BCUT2D eigenvalue weighted by Gasteiger charge is -1.90. The first-order chi connectivity index (χ1) is 7.43. The third-order valence-electron chi connectivity index (χ3n) is 2.20. The highest BCUT2D eigenvalue weighted by Crippen LogP contribution is 2.17. The number of aromatic amines is 1. The van der Waals surface area contributed by atoms with Crippen LogP contribution in [0.3, 0.4) is 0 Å². The molecular formula is C11H8N4. The molecule has 72 valence electrons. The van der Waals surface area contributed by atoms with Gasteiger partial charge in [-0.15, -0.1) is 5.10 Å². The van der Waals surface area contributed by atoms with E-state index in [4.69, 9.17) is 0 Å². The van der Waals surface area contributed by atoms with Gasteiger partial charge in [0, 0.05) is 6.20 Å². The summed E-state index contributed by atoms with van der Waals surface area (Å²) < 4.78 is 0. The van der Waals surface area contributed by atoms with Crippen LogP contribution in [0.25, 0.3) is 22.6 Å². The Labute approximate surface area is 86.0 Å². The summed E-state index contributed by atoms with van der Waals surface area (Å²) in [7, 11) is 0. The van der Waals surface area contributed by atoms with Crippen molar-refractivity contribution in [1.82, 2.24) is 20.2 Å². The molecule has 0 fully saturated rings. The van der Waals surface area contributed by atoms with E-state index in [2.05, 4.69) is 20.2 Å². The number of fused-ring (bicyclic) bond motifs is 1. The molecule has 0 aliphatic carbocycles. The highest BCUT2D eigenvalue weighted by molar-refractivity contribution is 5.78. The zero-order valence-corrected chi connectivity index (χ0v) is 7.88. The maximum atomic E-state index is 4.42. The lowest BCUT2D eigenvalue weighted by Crippen LogP contribution is -1.86. The molecule has 3 rings (SSSR count). The van der Waals surface area contributed by atoms with Gasteiger partial charge in [-0.25, -0.2) is 4.98 Å². The van der Waals surface area contributed by atoms with Crippen LogP contribution >= 0.6 is 0 Å². The number of hydrogen-bond donors (Lipinski definition) is 1. The quantitative estimate of drug-likeness (QED) is 0.647. The minimum Gasteiger partial charge on any atom is -0.337 e. The number of H-pyrrole nitrogens is 1. The van der Waals surface area contributed by atoms with Crippen molar-refractivity contribution in [2.24, 2.45) is 0 Å². The fourth-order valence-electron chi connectivity index (χ4n) is 1.50. The van der Waals surface area contributed by atoms with Crippen molar-refractivity contribution in [2.75, 3.05) is 0 Å². The van der Waals surface area contributed by atoms with Gasteiger partial charge in [-0.05, 0) is 24.3 Å². The van der Waals surface area contributed by atoms with Crippen LogP contribution in [-0.2, 0) is 0 Å². The molecule has 0 atom stereocenters. The average Bonchev–Trinajstić information content (AvgIpc) is 2.74. The van der Waals surface area contributed by atoms with E-state index in [1.807, 2.05) is 36.4 Å². The fourth-order valence-corrected chi connectivity index (χ4v) is 1.50. The summed E-state index contributed by atoms with van der Waals surface area (Å²) in [6, 6.07) is 11.6. The van der Waals surface area contributed by atoms with Gasteiger partial charge in [-0.2, -0.15) is 5.10 Å². The zero-order valence-electron chi connectivity index (χ0n) is 7.88. The van der Waals surface area contributed by atoms with Gasteiger partial charge in [0.25, 0.3) is 0 Å². The fraction of sp³-hybridized carbons (Fsp3) is 0. The number of para-hydroxylation sites is 2. The number of benzene rings is 1. The first-order valence-electron chi connectivity index (χ1n) is 4.66. The Balaban J connectivity index is 2.21. The van der Waals surface area contributed by atoms with Crippen LogP contribution in [0.4, 0.5) is 0 Å². The molecule has 1 aromatic carbocycles. The molecule has 0 bridgehead atoms. The van der Waals surface area contributed by atoms with Gasteiger partial charge in [0.05, 0.1) is 11.0 Å². The summed E-state index contributed by atoms with van der Waals surface area (Å²) in [6.45, 7) is 0. The summed E-state index contributed by atoms with van der Waals surface area (Å²) in [5.41, 5.74) is 2.71. The maximum Gasteiger partial charge on any atom is 0.159 e. The second-order valence-corrected chi connectivity index (χ2v) is 3.21. The molecule has 2 aromatic heterocycles. The summed E-state index contributed by atoms with van der Waals surface area (Å²) in [5.74, 6) is 0.754. The zero-order chi connectivity index (χ0) is 10.1. The second-order valence-electron chi connectivity index (χ2n) is 3.21. The van der Waals surface area contributed by atoms with Crippen molar-refractivity contribution in [2.45, 2.75) is 0 Å². The van der Waals surface area contributed by atoms with Crippen LogP contribution in [0.5, 0.6) is 0 Å². The normalized spacial score (nSPS) is 10.7. The molecule has 2 heterocycles. The largest absolute Gasteiger partial charge is 0.337 e. The Morgan fingerprint density at radius 3 is 2.73 bits per heavy atom. The van der Waals surface area contributed by atoms with E-state index in [-0.39, 0.29) is 0 Å². The molecule has 0 spiro atoms. The molecule has 4 heteroatoms. The van der Waals surface area contributed by atoms with Gasteiger partial charge in [-0.1, -0.05) is 12.1 Å². The smallest absolute Gasteiger partial charge is 0.159 e. The number of imidazole rings is 1. The van der Waals surface area contributed by atoms with Crippen LogP contribution in [0, 0.1) is 0 Å². The van der Waals surface area contributed by atoms with E-state index in [1.54, 1.807) is 6.20 Å². The predicted molar refractivity (Wildman–Crippen MR) is 57.1 cm³/mol. The van der Waals surface area contributed by atoms with E-state index in [9.17, 15) is 0 Å². The van der Waals surface area contributed by atoms with Crippen LogP contribution in [0.15, 0.2) is 42.6 Å². The van der Waals surface area contributed by atoms with Crippen molar-refractivity contribution in [3.05, 3.63) is 42.6 Å². The first-order valence-corrected chi connectivity index (χ1v) is 4.66. The number of nitrogens with zero attached hydrogens (tertiary/aromatic N) is 3. The van der Waals surface area contributed by atoms with Gasteiger partial charge in [0.2, 0.25) is 0 Å². The molecule has 0 aliphatic heterocycles. The Morgan fingerprint density at radius 1 is 1.00 bits per heavy atom. The van der Waals surface area contributed by atoms with E-state index >= 15 is 0 Å². The molecule has 0 saturated heterocycles. The minimum absolute atomic E-state index is 0.754. The van der Waals surface area contributed by atoms with Crippen molar-refractivity contribution < 1.29 is 0 Å². The van der Waals surface area contributed by atoms with E-state index in [0.29, 0.717) is 0 Å². The van der Waals surface area contributed by atoms with Gasteiger partial charge < -0.3 is 4.98 Å².